The summed E-state index contributed by atoms with van der Waals surface area (Å²) in [6.45, 7) is 5.18. The first-order chi connectivity index (χ1) is 12.0. The van der Waals surface area contributed by atoms with Gasteiger partial charge >= 0.3 is 0 Å². The van der Waals surface area contributed by atoms with E-state index < -0.39 is 5.91 Å². The average molecular weight is 347 g/mol. The zero-order valence-corrected chi connectivity index (χ0v) is 15.1. The Hall–Kier alpha value is -2.72. The third-order valence-electron chi connectivity index (χ3n) is 3.17. The van der Waals surface area contributed by atoms with Crippen molar-refractivity contribution in [1.29, 1.82) is 5.26 Å². The van der Waals surface area contributed by atoms with Crippen LogP contribution < -0.4 is 20.1 Å². The summed E-state index contributed by atoms with van der Waals surface area (Å²) < 4.78 is 15.7. The normalized spacial score (nSPS) is 11.0. The minimum Gasteiger partial charge on any atom is -0.493 e. The topological polar surface area (TPSA) is 92.6 Å². The summed E-state index contributed by atoms with van der Waals surface area (Å²) in [5.74, 6) is 0.550. The maximum Gasteiger partial charge on any atom is 0.267 e. The van der Waals surface area contributed by atoms with Gasteiger partial charge in [0.2, 0.25) is 0 Å². The van der Waals surface area contributed by atoms with E-state index in [2.05, 4.69) is 10.6 Å². The number of anilines is 1. The number of hydrogen-bond donors (Lipinski definition) is 2. The molecule has 0 fully saturated rings. The van der Waals surface area contributed by atoms with Gasteiger partial charge in [-0.25, -0.2) is 0 Å². The Morgan fingerprint density at radius 3 is 2.60 bits per heavy atom. The van der Waals surface area contributed by atoms with E-state index in [0.717, 1.165) is 6.42 Å². The molecule has 0 aliphatic rings. The number of methoxy groups -OCH3 is 2. The molecular weight excluding hydrogens is 322 g/mol. The van der Waals surface area contributed by atoms with Gasteiger partial charge in [0, 0.05) is 31.1 Å². The summed E-state index contributed by atoms with van der Waals surface area (Å²) >= 11 is 0. The van der Waals surface area contributed by atoms with Crippen molar-refractivity contribution in [2.24, 2.45) is 0 Å². The summed E-state index contributed by atoms with van der Waals surface area (Å²) in [5.41, 5.74) is 0.494. The van der Waals surface area contributed by atoms with E-state index in [-0.39, 0.29) is 11.7 Å². The van der Waals surface area contributed by atoms with Crippen LogP contribution in [-0.4, -0.2) is 39.4 Å². The van der Waals surface area contributed by atoms with Crippen molar-refractivity contribution >= 4 is 11.6 Å². The third kappa shape index (κ3) is 7.14. The fourth-order valence-electron chi connectivity index (χ4n) is 1.93. The molecule has 1 amide bonds. The summed E-state index contributed by atoms with van der Waals surface area (Å²) in [7, 11) is 3.04. The van der Waals surface area contributed by atoms with Gasteiger partial charge in [-0.2, -0.15) is 5.26 Å². The van der Waals surface area contributed by atoms with Crippen molar-refractivity contribution < 1.29 is 19.0 Å². The Labute approximate surface area is 148 Å². The van der Waals surface area contributed by atoms with E-state index in [1.807, 2.05) is 19.9 Å². The number of nitriles is 1. The Kier molecular flexibility index (Phi) is 8.90. The second kappa shape index (κ2) is 10.9. The quantitative estimate of drug-likeness (QED) is 0.384. The summed E-state index contributed by atoms with van der Waals surface area (Å²) in [5, 5.41) is 14.7. The molecule has 7 heteroatoms. The summed E-state index contributed by atoms with van der Waals surface area (Å²) in [6.07, 6.45) is 2.38. The second-order valence-corrected chi connectivity index (χ2v) is 5.42. The highest BCUT2D eigenvalue weighted by Crippen LogP contribution is 2.29. The molecule has 0 saturated carbocycles. The highest BCUT2D eigenvalue weighted by atomic mass is 16.5. The number of hydrogen-bond acceptors (Lipinski definition) is 6. The molecule has 0 aromatic heterocycles. The van der Waals surface area contributed by atoms with Crippen LogP contribution in [0, 0.1) is 11.3 Å². The average Bonchev–Trinajstić information content (AvgIpc) is 2.60. The zero-order valence-electron chi connectivity index (χ0n) is 15.1. The van der Waals surface area contributed by atoms with Gasteiger partial charge in [-0.1, -0.05) is 0 Å². The molecule has 0 bridgehead atoms. The van der Waals surface area contributed by atoms with Crippen molar-refractivity contribution in [2.45, 2.75) is 26.4 Å². The highest BCUT2D eigenvalue weighted by Gasteiger charge is 2.11. The molecular formula is C18H25N3O4. The van der Waals surface area contributed by atoms with Gasteiger partial charge in [0.15, 0.2) is 11.5 Å². The molecule has 0 unspecified atom stereocenters. The monoisotopic (exact) mass is 347 g/mol. The van der Waals surface area contributed by atoms with Crippen molar-refractivity contribution in [3.8, 4) is 17.6 Å². The SMILES string of the molecule is COc1ccc(NC(=O)/C(C#N)=C\NCCCOC(C)C)cc1OC. The minimum absolute atomic E-state index is 0.0143. The smallest absolute Gasteiger partial charge is 0.267 e. The largest absolute Gasteiger partial charge is 0.493 e. The van der Waals surface area contributed by atoms with Crippen LogP contribution in [0.15, 0.2) is 30.0 Å². The Morgan fingerprint density at radius 2 is 2.00 bits per heavy atom. The van der Waals surface area contributed by atoms with Crippen molar-refractivity contribution in [3.05, 3.63) is 30.0 Å². The number of nitrogens with one attached hydrogen (secondary N) is 2. The first kappa shape index (κ1) is 20.3. The Morgan fingerprint density at radius 1 is 1.28 bits per heavy atom. The van der Waals surface area contributed by atoms with E-state index in [1.165, 1.54) is 20.4 Å². The lowest BCUT2D eigenvalue weighted by Gasteiger charge is -2.10. The lowest BCUT2D eigenvalue weighted by molar-refractivity contribution is -0.112. The maximum absolute atomic E-state index is 12.2. The molecule has 136 valence electrons. The van der Waals surface area contributed by atoms with Crippen LogP contribution in [0.1, 0.15) is 20.3 Å². The van der Waals surface area contributed by atoms with Gasteiger partial charge < -0.3 is 24.8 Å². The molecule has 0 heterocycles. The molecule has 1 rings (SSSR count). The number of ether oxygens (including phenoxy) is 3. The predicted octanol–water partition coefficient (Wildman–Crippen LogP) is 2.45. The van der Waals surface area contributed by atoms with Gasteiger partial charge in [-0.15, -0.1) is 0 Å². The van der Waals surface area contributed by atoms with Gasteiger partial charge in [-0.05, 0) is 32.4 Å². The first-order valence-corrected chi connectivity index (χ1v) is 8.00. The molecule has 0 aliphatic heterocycles. The van der Waals surface area contributed by atoms with Crippen molar-refractivity contribution in [3.63, 3.8) is 0 Å². The first-order valence-electron chi connectivity index (χ1n) is 8.00. The van der Waals surface area contributed by atoms with Crippen molar-refractivity contribution in [2.75, 3.05) is 32.7 Å². The van der Waals surface area contributed by atoms with Crippen LogP contribution in [-0.2, 0) is 9.53 Å². The number of benzene rings is 1. The Balaban J connectivity index is 2.58. The van der Waals surface area contributed by atoms with Crippen LogP contribution in [0.5, 0.6) is 11.5 Å². The van der Waals surface area contributed by atoms with E-state index in [4.69, 9.17) is 19.5 Å². The molecule has 1 aromatic rings. The highest BCUT2D eigenvalue weighted by molar-refractivity contribution is 6.06. The third-order valence-corrected chi connectivity index (χ3v) is 3.17. The zero-order chi connectivity index (χ0) is 18.7. The molecule has 1 aromatic carbocycles. The fourth-order valence-corrected chi connectivity index (χ4v) is 1.93. The molecule has 0 radical (unpaired) electrons. The second-order valence-electron chi connectivity index (χ2n) is 5.42. The molecule has 0 atom stereocenters. The van der Waals surface area contributed by atoms with Crippen LogP contribution in [0.4, 0.5) is 5.69 Å². The Bertz CT molecular complexity index is 636. The van der Waals surface area contributed by atoms with Crippen molar-refractivity contribution in [1.82, 2.24) is 5.32 Å². The fraction of sp³-hybridized carbons (Fsp3) is 0.444. The molecule has 0 aliphatic carbocycles. The lowest BCUT2D eigenvalue weighted by atomic mass is 10.2. The van der Waals surface area contributed by atoms with Crippen LogP contribution in [0.2, 0.25) is 0 Å². The van der Waals surface area contributed by atoms with Gasteiger partial charge in [0.05, 0.1) is 20.3 Å². The number of nitrogens with zero attached hydrogens (tertiary/aromatic N) is 1. The number of amides is 1. The lowest BCUT2D eigenvalue weighted by Crippen LogP contribution is -2.18. The maximum atomic E-state index is 12.2. The molecule has 2 N–H and O–H groups in total. The predicted molar refractivity (Wildman–Crippen MR) is 95.6 cm³/mol. The number of carbonyl (C=O) groups excluding carboxylic acids is 1. The van der Waals surface area contributed by atoms with Gasteiger partial charge in [0.1, 0.15) is 11.6 Å². The van der Waals surface area contributed by atoms with E-state index in [1.54, 1.807) is 18.2 Å². The van der Waals surface area contributed by atoms with Crippen LogP contribution >= 0.6 is 0 Å². The van der Waals surface area contributed by atoms with Crippen LogP contribution in [0.3, 0.4) is 0 Å². The molecule has 0 saturated heterocycles. The molecule has 7 nitrogen and oxygen atoms in total. The number of carbonyl (C=O) groups is 1. The summed E-state index contributed by atoms with van der Waals surface area (Å²) in [6, 6.07) is 6.86. The minimum atomic E-state index is -0.499. The van der Waals surface area contributed by atoms with Gasteiger partial charge in [-0.3, -0.25) is 4.79 Å². The van der Waals surface area contributed by atoms with E-state index in [9.17, 15) is 4.79 Å². The van der Waals surface area contributed by atoms with Gasteiger partial charge in [0.25, 0.3) is 5.91 Å². The molecule has 0 spiro atoms. The van der Waals surface area contributed by atoms with E-state index >= 15 is 0 Å². The van der Waals surface area contributed by atoms with Crippen LogP contribution in [0.25, 0.3) is 0 Å². The van der Waals surface area contributed by atoms with E-state index in [0.29, 0.717) is 30.3 Å². The molecule has 25 heavy (non-hydrogen) atoms. The summed E-state index contributed by atoms with van der Waals surface area (Å²) in [4.78, 5) is 12.2. The number of rotatable bonds is 10. The standard InChI is InChI=1S/C18H25N3O4/c1-13(2)25-9-5-8-20-12-14(11-19)18(22)21-15-6-7-16(23-3)17(10-15)24-4/h6-7,10,12-13,20H,5,8-9H2,1-4H3,(H,21,22)/b14-12-.